The number of ether oxygens (including phenoxy) is 3. The number of thioether (sulfide) groups is 1. The van der Waals surface area contributed by atoms with Gasteiger partial charge in [0.2, 0.25) is 18.6 Å². The number of benzene rings is 3. The van der Waals surface area contributed by atoms with E-state index in [0.717, 1.165) is 5.56 Å². The summed E-state index contributed by atoms with van der Waals surface area (Å²) in [5.41, 5.74) is 2.71. The minimum Gasteiger partial charge on any atom is -0.495 e. The van der Waals surface area contributed by atoms with E-state index in [1.54, 1.807) is 29.2 Å². The first-order valence-electron chi connectivity index (χ1n) is 12.8. The van der Waals surface area contributed by atoms with Crippen molar-refractivity contribution in [1.82, 2.24) is 10.2 Å². The fraction of sp³-hybridized carbons (Fsp3) is 0.207. The highest BCUT2D eigenvalue weighted by atomic mass is 32.2. The van der Waals surface area contributed by atoms with Gasteiger partial charge in [-0.15, -0.1) is 0 Å². The van der Waals surface area contributed by atoms with Crippen LogP contribution in [0.3, 0.4) is 0 Å². The summed E-state index contributed by atoms with van der Waals surface area (Å²) in [4.78, 5) is 49.6. The molecule has 0 radical (unpaired) electrons. The molecule has 0 aromatic heterocycles. The third-order valence-electron chi connectivity index (χ3n) is 6.63. The molecule has 0 saturated heterocycles. The number of hydrogen-bond donors (Lipinski definition) is 2. The van der Waals surface area contributed by atoms with E-state index >= 15 is 0 Å². The van der Waals surface area contributed by atoms with Crippen LogP contribution in [-0.4, -0.2) is 59.3 Å². The molecule has 11 nitrogen and oxygen atoms in total. The predicted molar refractivity (Wildman–Crippen MR) is 154 cm³/mol. The number of hydrogen-bond acceptors (Lipinski definition) is 9. The van der Waals surface area contributed by atoms with E-state index in [2.05, 4.69) is 15.6 Å². The van der Waals surface area contributed by atoms with Crippen molar-refractivity contribution in [3.8, 4) is 17.2 Å². The highest BCUT2D eigenvalue weighted by Gasteiger charge is 2.42. The molecule has 6 rings (SSSR count). The van der Waals surface area contributed by atoms with E-state index in [1.807, 2.05) is 42.5 Å². The van der Waals surface area contributed by atoms with Crippen LogP contribution in [0, 0.1) is 0 Å². The Morgan fingerprint density at radius 2 is 1.83 bits per heavy atom. The molecule has 0 aliphatic carbocycles. The maximum absolute atomic E-state index is 13.1. The standard InChI is InChI=1S/C29H25N5O6S/c1-38-22-9-5-4-8-20(22)31-26(36)15-41-29-32-19-7-3-2-6-18(19)27-33-28(37)21(34(27)29)13-25(35)30-14-17-10-11-23-24(12-17)40-16-39-23/h2-12,21H,13-16H2,1H3,(H,30,35)(H,31,36). The number of nitrogens with one attached hydrogen (secondary N) is 2. The lowest BCUT2D eigenvalue weighted by atomic mass is 10.1. The molecular weight excluding hydrogens is 546 g/mol. The first-order valence-corrected chi connectivity index (χ1v) is 13.8. The van der Waals surface area contributed by atoms with Crippen LogP contribution in [0.25, 0.3) is 0 Å². The highest BCUT2D eigenvalue weighted by Crippen LogP contribution is 2.35. The molecule has 0 bridgehead atoms. The van der Waals surface area contributed by atoms with E-state index in [9.17, 15) is 14.4 Å². The first-order chi connectivity index (χ1) is 20.0. The Kier molecular flexibility index (Phi) is 7.30. The summed E-state index contributed by atoms with van der Waals surface area (Å²) >= 11 is 1.17. The third-order valence-corrected chi connectivity index (χ3v) is 7.58. The van der Waals surface area contributed by atoms with Gasteiger partial charge in [-0.1, -0.05) is 42.1 Å². The van der Waals surface area contributed by atoms with Gasteiger partial charge in [0.05, 0.1) is 30.7 Å². The zero-order chi connectivity index (χ0) is 28.3. The van der Waals surface area contributed by atoms with E-state index in [-0.39, 0.29) is 37.3 Å². The van der Waals surface area contributed by atoms with Gasteiger partial charge in [0.25, 0.3) is 5.91 Å². The maximum Gasteiger partial charge on any atom is 0.271 e. The van der Waals surface area contributed by atoms with Gasteiger partial charge in [-0.2, -0.15) is 4.99 Å². The topological polar surface area (TPSA) is 131 Å². The molecule has 0 spiro atoms. The number of amidine groups is 2. The molecule has 0 fully saturated rings. The zero-order valence-electron chi connectivity index (χ0n) is 22.0. The predicted octanol–water partition coefficient (Wildman–Crippen LogP) is 3.46. The molecule has 208 valence electrons. The number of aliphatic imine (C=N–C) groups is 2. The van der Waals surface area contributed by atoms with Gasteiger partial charge in [0.1, 0.15) is 17.6 Å². The zero-order valence-corrected chi connectivity index (χ0v) is 22.8. The Hall–Kier alpha value is -4.84. The Morgan fingerprint density at radius 3 is 2.71 bits per heavy atom. The van der Waals surface area contributed by atoms with E-state index in [4.69, 9.17) is 19.2 Å². The van der Waals surface area contributed by atoms with Gasteiger partial charge in [0, 0.05) is 12.1 Å². The number of carbonyl (C=O) groups excluding carboxylic acids is 3. The van der Waals surface area contributed by atoms with E-state index < -0.39 is 11.9 Å². The SMILES string of the molecule is COc1ccccc1NC(=O)CSC1=Nc2ccccc2C2=NC(=O)C(CC(=O)NCc3ccc4c(c3)OCO4)N12. The van der Waals surface area contributed by atoms with Gasteiger partial charge < -0.3 is 24.8 Å². The average molecular weight is 572 g/mol. The Labute approximate surface area is 239 Å². The summed E-state index contributed by atoms with van der Waals surface area (Å²) in [6.45, 7) is 0.423. The van der Waals surface area contributed by atoms with Crippen molar-refractivity contribution in [2.75, 3.05) is 25.0 Å². The van der Waals surface area contributed by atoms with Crippen LogP contribution >= 0.6 is 11.8 Å². The molecule has 2 N–H and O–H groups in total. The van der Waals surface area contributed by atoms with Crippen molar-refractivity contribution in [1.29, 1.82) is 0 Å². The van der Waals surface area contributed by atoms with Gasteiger partial charge in [-0.05, 0) is 42.0 Å². The molecule has 0 saturated carbocycles. The summed E-state index contributed by atoms with van der Waals surface area (Å²) in [5.74, 6) is 1.22. The number of amides is 3. The van der Waals surface area contributed by atoms with Gasteiger partial charge >= 0.3 is 0 Å². The summed E-state index contributed by atoms with van der Waals surface area (Å²) in [5, 5.41) is 6.13. The van der Waals surface area contributed by atoms with Crippen LogP contribution < -0.4 is 24.8 Å². The van der Waals surface area contributed by atoms with Gasteiger partial charge in [0.15, 0.2) is 16.7 Å². The number of fused-ring (bicyclic) bond motifs is 4. The first kappa shape index (κ1) is 26.4. The number of methoxy groups -OCH3 is 1. The van der Waals surface area contributed by atoms with Crippen molar-refractivity contribution in [3.05, 3.63) is 77.9 Å². The van der Waals surface area contributed by atoms with Crippen LogP contribution in [-0.2, 0) is 20.9 Å². The van der Waals surface area contributed by atoms with E-state index in [0.29, 0.717) is 45.2 Å². The lowest BCUT2D eigenvalue weighted by Crippen LogP contribution is -2.46. The molecular formula is C29H25N5O6S. The molecule has 1 atom stereocenters. The highest BCUT2D eigenvalue weighted by molar-refractivity contribution is 8.14. The summed E-state index contributed by atoms with van der Waals surface area (Å²) in [6, 6.07) is 19.0. The van der Waals surface area contributed by atoms with Crippen molar-refractivity contribution < 1.29 is 28.6 Å². The number of carbonyl (C=O) groups is 3. The molecule has 41 heavy (non-hydrogen) atoms. The molecule has 3 aromatic rings. The van der Waals surface area contributed by atoms with Gasteiger partial charge in [-0.25, -0.2) is 4.99 Å². The quantitative estimate of drug-likeness (QED) is 0.420. The number of rotatable bonds is 8. The number of nitrogens with zero attached hydrogens (tertiary/aromatic N) is 3. The normalized spacial score (nSPS) is 16.4. The molecule has 3 aliphatic heterocycles. The molecule has 3 aliphatic rings. The Balaban J connectivity index is 1.16. The lowest BCUT2D eigenvalue weighted by molar-refractivity contribution is -0.126. The summed E-state index contributed by atoms with van der Waals surface area (Å²) in [6.07, 6.45) is -0.133. The largest absolute Gasteiger partial charge is 0.495 e. The second-order valence-electron chi connectivity index (χ2n) is 9.28. The third kappa shape index (κ3) is 5.46. The smallest absolute Gasteiger partial charge is 0.271 e. The second-order valence-corrected chi connectivity index (χ2v) is 10.2. The van der Waals surface area contributed by atoms with Crippen LogP contribution in [0.1, 0.15) is 17.5 Å². The summed E-state index contributed by atoms with van der Waals surface area (Å²) in [7, 11) is 1.53. The van der Waals surface area contributed by atoms with Crippen LogP contribution in [0.5, 0.6) is 17.2 Å². The van der Waals surface area contributed by atoms with Crippen molar-refractivity contribution >= 4 is 51.9 Å². The Morgan fingerprint density at radius 1 is 1.02 bits per heavy atom. The lowest BCUT2D eigenvalue weighted by Gasteiger charge is -2.30. The molecule has 12 heteroatoms. The Bertz CT molecular complexity index is 1610. The van der Waals surface area contributed by atoms with Crippen LogP contribution in [0.2, 0.25) is 0 Å². The van der Waals surface area contributed by atoms with Crippen molar-refractivity contribution in [2.45, 2.75) is 19.0 Å². The minimum atomic E-state index is -0.890. The fourth-order valence-electron chi connectivity index (χ4n) is 4.67. The number of para-hydroxylation sites is 3. The minimum absolute atomic E-state index is 0.0139. The van der Waals surface area contributed by atoms with Crippen LogP contribution in [0.15, 0.2) is 76.7 Å². The second kappa shape index (κ2) is 11.3. The molecule has 3 heterocycles. The average Bonchev–Trinajstić information content (AvgIpc) is 3.59. The fourth-order valence-corrected chi connectivity index (χ4v) is 5.51. The molecule has 3 aromatic carbocycles. The van der Waals surface area contributed by atoms with E-state index in [1.165, 1.54) is 18.9 Å². The van der Waals surface area contributed by atoms with Crippen molar-refractivity contribution in [3.63, 3.8) is 0 Å². The van der Waals surface area contributed by atoms with Gasteiger partial charge in [-0.3, -0.25) is 19.3 Å². The van der Waals surface area contributed by atoms with Crippen LogP contribution in [0.4, 0.5) is 11.4 Å². The maximum atomic E-state index is 13.1. The number of anilines is 1. The molecule has 1 unspecified atom stereocenters. The monoisotopic (exact) mass is 571 g/mol. The molecule has 3 amide bonds. The van der Waals surface area contributed by atoms with Crippen molar-refractivity contribution in [2.24, 2.45) is 9.98 Å². The summed E-state index contributed by atoms with van der Waals surface area (Å²) < 4.78 is 16.0.